The molecule has 1 amide bonds. The van der Waals surface area contributed by atoms with E-state index < -0.39 is 6.04 Å². The zero-order valence-electron chi connectivity index (χ0n) is 17.4. The number of nitrogens with zero attached hydrogens (tertiary/aromatic N) is 3. The molecule has 0 saturated carbocycles. The summed E-state index contributed by atoms with van der Waals surface area (Å²) in [5, 5.41) is 9.45. The van der Waals surface area contributed by atoms with Crippen LogP contribution in [0.5, 0.6) is 0 Å². The van der Waals surface area contributed by atoms with Crippen LogP contribution in [0.15, 0.2) is 48.5 Å². The van der Waals surface area contributed by atoms with Crippen molar-refractivity contribution >= 4 is 28.4 Å². The van der Waals surface area contributed by atoms with Crippen molar-refractivity contribution in [3.05, 3.63) is 53.6 Å². The fourth-order valence-corrected chi connectivity index (χ4v) is 3.70. The molecule has 1 heterocycles. The second kappa shape index (κ2) is 9.90. The second-order valence-corrected chi connectivity index (χ2v) is 7.60. The summed E-state index contributed by atoms with van der Waals surface area (Å²) < 4.78 is 1.80. The first-order chi connectivity index (χ1) is 14.0. The van der Waals surface area contributed by atoms with Crippen LogP contribution < -0.4 is 5.32 Å². The molecule has 0 bridgehead atoms. The molecule has 1 aromatic heterocycles. The summed E-state index contributed by atoms with van der Waals surface area (Å²) in [6.07, 6.45) is 0.935. The Morgan fingerprint density at radius 2 is 1.90 bits per heavy atom. The summed E-state index contributed by atoms with van der Waals surface area (Å²) in [6, 6.07) is 15.3. The lowest BCUT2D eigenvalue weighted by atomic mass is 10.1. The molecule has 0 aliphatic rings. The molecule has 3 rings (SSSR count). The van der Waals surface area contributed by atoms with Crippen LogP contribution in [0.25, 0.3) is 22.2 Å². The number of amides is 1. The molecule has 1 atom stereocenters. The maximum Gasteiger partial charge on any atom is 0.244 e. The van der Waals surface area contributed by atoms with Crippen molar-refractivity contribution in [2.75, 3.05) is 26.2 Å². The Labute approximate surface area is 177 Å². The van der Waals surface area contributed by atoms with Crippen molar-refractivity contribution in [1.29, 1.82) is 0 Å². The lowest BCUT2D eigenvalue weighted by Crippen LogP contribution is -2.34. The standard InChI is InChI=1S/C23H29ClN4O/c1-4-27(5-2)15-9-14-25-23(29)17(3)28-21-13-12-19(24)16-20(21)22(26-28)18-10-7-6-8-11-18/h6-8,10-13,16-17H,4-5,9,14-15H2,1-3H3,(H,25,29). The molecular weight excluding hydrogens is 384 g/mol. The Kier molecular flexibility index (Phi) is 7.29. The summed E-state index contributed by atoms with van der Waals surface area (Å²) in [4.78, 5) is 15.1. The monoisotopic (exact) mass is 412 g/mol. The zero-order valence-corrected chi connectivity index (χ0v) is 18.1. The molecule has 0 aliphatic heterocycles. The van der Waals surface area contributed by atoms with Gasteiger partial charge in [0.15, 0.2) is 0 Å². The molecule has 1 unspecified atom stereocenters. The first-order valence-corrected chi connectivity index (χ1v) is 10.7. The van der Waals surface area contributed by atoms with Gasteiger partial charge in [-0.2, -0.15) is 5.10 Å². The molecule has 3 aromatic rings. The molecule has 2 aromatic carbocycles. The van der Waals surface area contributed by atoms with E-state index in [0.29, 0.717) is 11.6 Å². The number of aromatic nitrogens is 2. The lowest BCUT2D eigenvalue weighted by Gasteiger charge is -2.18. The number of hydrogen-bond acceptors (Lipinski definition) is 3. The molecule has 1 N–H and O–H groups in total. The van der Waals surface area contributed by atoms with E-state index in [4.69, 9.17) is 16.7 Å². The van der Waals surface area contributed by atoms with Gasteiger partial charge in [0.1, 0.15) is 11.7 Å². The van der Waals surface area contributed by atoms with Crippen molar-refractivity contribution in [2.24, 2.45) is 0 Å². The topological polar surface area (TPSA) is 50.2 Å². The predicted octanol–water partition coefficient (Wildman–Crippen LogP) is 4.77. The normalized spacial score (nSPS) is 12.4. The average molecular weight is 413 g/mol. The van der Waals surface area contributed by atoms with Gasteiger partial charge in [-0.1, -0.05) is 55.8 Å². The first kappa shape index (κ1) is 21.3. The number of rotatable bonds is 9. The van der Waals surface area contributed by atoms with Crippen LogP contribution in [0.3, 0.4) is 0 Å². The molecule has 29 heavy (non-hydrogen) atoms. The fourth-order valence-electron chi connectivity index (χ4n) is 3.53. The van der Waals surface area contributed by atoms with Crippen molar-refractivity contribution in [1.82, 2.24) is 20.0 Å². The summed E-state index contributed by atoms with van der Waals surface area (Å²) >= 11 is 6.24. The summed E-state index contributed by atoms with van der Waals surface area (Å²) in [7, 11) is 0. The molecular formula is C23H29ClN4O. The van der Waals surface area contributed by atoms with Gasteiger partial charge in [0, 0.05) is 22.5 Å². The maximum atomic E-state index is 12.8. The van der Waals surface area contributed by atoms with E-state index in [9.17, 15) is 4.79 Å². The van der Waals surface area contributed by atoms with E-state index in [1.807, 2.05) is 55.5 Å². The Hall–Kier alpha value is -2.37. The number of carbonyl (C=O) groups excluding carboxylic acids is 1. The highest BCUT2D eigenvalue weighted by molar-refractivity contribution is 6.31. The smallest absolute Gasteiger partial charge is 0.244 e. The van der Waals surface area contributed by atoms with Gasteiger partial charge >= 0.3 is 0 Å². The first-order valence-electron chi connectivity index (χ1n) is 10.3. The molecule has 5 nitrogen and oxygen atoms in total. The van der Waals surface area contributed by atoms with Crippen molar-refractivity contribution in [3.63, 3.8) is 0 Å². The Morgan fingerprint density at radius 3 is 2.59 bits per heavy atom. The third kappa shape index (κ3) is 4.98. The highest BCUT2D eigenvalue weighted by Crippen LogP contribution is 2.31. The number of benzene rings is 2. The van der Waals surface area contributed by atoms with E-state index in [2.05, 4.69) is 24.1 Å². The molecule has 154 valence electrons. The van der Waals surface area contributed by atoms with E-state index in [1.54, 1.807) is 4.68 Å². The van der Waals surface area contributed by atoms with E-state index in [-0.39, 0.29) is 5.91 Å². The summed E-state index contributed by atoms with van der Waals surface area (Å²) in [5.41, 5.74) is 2.74. The number of nitrogens with one attached hydrogen (secondary N) is 1. The van der Waals surface area contributed by atoms with Crippen LogP contribution in [0, 0.1) is 0 Å². The SMILES string of the molecule is CCN(CC)CCCNC(=O)C(C)n1nc(-c2ccccc2)c2cc(Cl)ccc21. The molecule has 0 saturated heterocycles. The third-order valence-electron chi connectivity index (χ3n) is 5.31. The van der Waals surface area contributed by atoms with E-state index in [1.165, 1.54) is 0 Å². The van der Waals surface area contributed by atoms with Crippen LogP contribution in [-0.2, 0) is 4.79 Å². The molecule has 0 spiro atoms. The van der Waals surface area contributed by atoms with Crippen molar-refractivity contribution < 1.29 is 4.79 Å². The van der Waals surface area contributed by atoms with Gasteiger partial charge in [-0.15, -0.1) is 0 Å². The van der Waals surface area contributed by atoms with Crippen LogP contribution in [0.2, 0.25) is 5.02 Å². The zero-order chi connectivity index (χ0) is 20.8. The Bertz CT molecular complexity index is 950. The lowest BCUT2D eigenvalue weighted by molar-refractivity contribution is -0.124. The van der Waals surface area contributed by atoms with E-state index >= 15 is 0 Å². The van der Waals surface area contributed by atoms with Crippen LogP contribution in [-0.4, -0.2) is 46.8 Å². The van der Waals surface area contributed by atoms with Crippen molar-refractivity contribution in [3.8, 4) is 11.3 Å². The van der Waals surface area contributed by atoms with Gasteiger partial charge < -0.3 is 10.2 Å². The van der Waals surface area contributed by atoms with Gasteiger partial charge in [-0.3, -0.25) is 9.48 Å². The maximum absolute atomic E-state index is 12.8. The summed E-state index contributed by atoms with van der Waals surface area (Å²) in [6.45, 7) is 9.91. The molecule has 6 heteroatoms. The van der Waals surface area contributed by atoms with Gasteiger partial charge in [-0.05, 0) is 51.2 Å². The Morgan fingerprint density at radius 1 is 1.17 bits per heavy atom. The Balaban J connectivity index is 1.79. The minimum Gasteiger partial charge on any atom is -0.354 e. The number of carbonyl (C=O) groups is 1. The van der Waals surface area contributed by atoms with E-state index in [0.717, 1.165) is 48.2 Å². The average Bonchev–Trinajstić information content (AvgIpc) is 3.12. The molecule has 0 radical (unpaired) electrons. The highest BCUT2D eigenvalue weighted by atomic mass is 35.5. The van der Waals surface area contributed by atoms with Gasteiger partial charge in [0.2, 0.25) is 5.91 Å². The minimum atomic E-state index is -0.412. The van der Waals surface area contributed by atoms with Gasteiger partial charge in [0.25, 0.3) is 0 Å². The highest BCUT2D eigenvalue weighted by Gasteiger charge is 2.21. The van der Waals surface area contributed by atoms with Crippen LogP contribution >= 0.6 is 11.6 Å². The minimum absolute atomic E-state index is 0.0245. The molecule has 0 fully saturated rings. The number of halogens is 1. The van der Waals surface area contributed by atoms with Crippen LogP contribution in [0.1, 0.15) is 33.2 Å². The second-order valence-electron chi connectivity index (χ2n) is 7.17. The number of fused-ring (bicyclic) bond motifs is 1. The predicted molar refractivity (Wildman–Crippen MR) is 120 cm³/mol. The summed E-state index contributed by atoms with van der Waals surface area (Å²) in [5.74, 6) is -0.0245. The largest absolute Gasteiger partial charge is 0.354 e. The third-order valence-corrected chi connectivity index (χ3v) is 5.54. The fraction of sp³-hybridized carbons (Fsp3) is 0.391. The van der Waals surface area contributed by atoms with Crippen LogP contribution in [0.4, 0.5) is 0 Å². The number of hydrogen-bond donors (Lipinski definition) is 1. The van der Waals surface area contributed by atoms with Gasteiger partial charge in [-0.25, -0.2) is 0 Å². The molecule has 0 aliphatic carbocycles. The van der Waals surface area contributed by atoms with Crippen molar-refractivity contribution in [2.45, 2.75) is 33.2 Å². The quantitative estimate of drug-likeness (QED) is 0.515. The van der Waals surface area contributed by atoms with Gasteiger partial charge in [0.05, 0.1) is 5.52 Å².